The smallest absolute Gasteiger partial charge is 0.329 e. The number of esters is 1. The molecule has 1 fully saturated rings. The molecule has 1 saturated heterocycles. The predicted molar refractivity (Wildman–Crippen MR) is 66.5 cm³/mol. The van der Waals surface area contributed by atoms with Crippen LogP contribution in [0.2, 0.25) is 0 Å². The number of furan rings is 1. The molecule has 2 unspecified atom stereocenters. The molecule has 2 atom stereocenters. The maximum absolute atomic E-state index is 12.1. The van der Waals surface area contributed by atoms with Crippen molar-refractivity contribution in [2.75, 3.05) is 6.61 Å². The van der Waals surface area contributed by atoms with Crippen molar-refractivity contribution in [2.24, 2.45) is 0 Å². The van der Waals surface area contributed by atoms with Gasteiger partial charge in [0.1, 0.15) is 11.8 Å². The Balaban J connectivity index is 2.02. The topological polar surface area (TPSA) is 68.5 Å². The predicted octanol–water partition coefficient (Wildman–Crippen LogP) is 1.31. The number of carbonyl (C=O) groups excluding carboxylic acids is 2. The molecule has 1 aliphatic carbocycles. The Bertz CT molecular complexity index is 521. The molecule has 1 aliphatic heterocycles. The number of nitrogens with one attached hydrogen (secondary N) is 1. The average molecular weight is 263 g/mol. The van der Waals surface area contributed by atoms with Crippen LogP contribution in [0.3, 0.4) is 0 Å². The van der Waals surface area contributed by atoms with Crippen molar-refractivity contribution >= 4 is 11.9 Å². The SMILES string of the molecule is CCOC(=O)C1NC(=O)CC12CCCc1occc12. The zero-order chi connectivity index (χ0) is 13.5. The van der Waals surface area contributed by atoms with Crippen molar-refractivity contribution in [3.05, 3.63) is 23.7 Å². The molecule has 0 bridgehead atoms. The molecule has 102 valence electrons. The van der Waals surface area contributed by atoms with Gasteiger partial charge < -0.3 is 14.5 Å². The van der Waals surface area contributed by atoms with Gasteiger partial charge in [-0.25, -0.2) is 4.79 Å². The summed E-state index contributed by atoms with van der Waals surface area (Å²) in [5.74, 6) is 0.464. The van der Waals surface area contributed by atoms with Crippen LogP contribution in [0, 0.1) is 0 Å². The minimum Gasteiger partial charge on any atom is -0.469 e. The van der Waals surface area contributed by atoms with E-state index < -0.39 is 11.5 Å². The Labute approximate surface area is 111 Å². The van der Waals surface area contributed by atoms with Gasteiger partial charge in [-0.05, 0) is 25.8 Å². The van der Waals surface area contributed by atoms with Crippen LogP contribution >= 0.6 is 0 Å². The van der Waals surface area contributed by atoms with Gasteiger partial charge in [-0.15, -0.1) is 0 Å². The molecule has 3 rings (SSSR count). The summed E-state index contributed by atoms with van der Waals surface area (Å²) in [5, 5.41) is 2.77. The summed E-state index contributed by atoms with van der Waals surface area (Å²) >= 11 is 0. The molecule has 1 aromatic rings. The first-order valence-electron chi connectivity index (χ1n) is 6.70. The first-order valence-corrected chi connectivity index (χ1v) is 6.70. The Morgan fingerprint density at radius 2 is 2.47 bits per heavy atom. The van der Waals surface area contributed by atoms with Crippen LogP contribution in [-0.2, 0) is 26.2 Å². The first-order chi connectivity index (χ1) is 9.17. The number of hydrogen-bond donors (Lipinski definition) is 1. The summed E-state index contributed by atoms with van der Waals surface area (Å²) in [6.07, 6.45) is 4.58. The molecule has 0 saturated carbocycles. The fraction of sp³-hybridized carbons (Fsp3) is 0.571. The van der Waals surface area contributed by atoms with Crippen molar-refractivity contribution in [2.45, 2.75) is 44.1 Å². The van der Waals surface area contributed by atoms with Gasteiger partial charge in [-0.3, -0.25) is 4.79 Å². The van der Waals surface area contributed by atoms with Gasteiger partial charge in [0, 0.05) is 23.8 Å². The second-order valence-corrected chi connectivity index (χ2v) is 5.20. The zero-order valence-electron chi connectivity index (χ0n) is 10.9. The van der Waals surface area contributed by atoms with Gasteiger partial charge in [-0.1, -0.05) is 0 Å². The van der Waals surface area contributed by atoms with E-state index in [1.54, 1.807) is 13.2 Å². The van der Waals surface area contributed by atoms with E-state index in [2.05, 4.69) is 5.32 Å². The molecule has 5 nitrogen and oxygen atoms in total. The molecule has 2 aliphatic rings. The van der Waals surface area contributed by atoms with Crippen molar-refractivity contribution in [1.82, 2.24) is 5.32 Å². The van der Waals surface area contributed by atoms with Crippen LogP contribution in [0.4, 0.5) is 0 Å². The second kappa shape index (κ2) is 4.40. The molecule has 0 aromatic carbocycles. The molecular formula is C14H17NO4. The molecule has 2 heterocycles. The number of amides is 1. The number of hydrogen-bond acceptors (Lipinski definition) is 4. The summed E-state index contributed by atoms with van der Waals surface area (Å²) in [6.45, 7) is 2.09. The minimum absolute atomic E-state index is 0.0906. The van der Waals surface area contributed by atoms with E-state index in [4.69, 9.17) is 9.15 Å². The highest BCUT2D eigenvalue weighted by Gasteiger charge is 2.54. The summed E-state index contributed by atoms with van der Waals surface area (Å²) in [6, 6.07) is 1.30. The van der Waals surface area contributed by atoms with Gasteiger partial charge in [0.15, 0.2) is 0 Å². The quantitative estimate of drug-likeness (QED) is 0.817. The van der Waals surface area contributed by atoms with Crippen LogP contribution in [0.5, 0.6) is 0 Å². The monoisotopic (exact) mass is 263 g/mol. The number of aryl methyl sites for hydroxylation is 1. The van der Waals surface area contributed by atoms with Gasteiger partial charge >= 0.3 is 5.97 Å². The molecule has 1 amide bonds. The van der Waals surface area contributed by atoms with Crippen LogP contribution in [0.1, 0.15) is 37.5 Å². The van der Waals surface area contributed by atoms with E-state index in [0.717, 1.165) is 30.6 Å². The Morgan fingerprint density at radius 1 is 1.63 bits per heavy atom. The third-order valence-electron chi connectivity index (χ3n) is 4.16. The molecule has 5 heteroatoms. The normalized spacial score (nSPS) is 29.1. The fourth-order valence-corrected chi connectivity index (χ4v) is 3.41. The number of rotatable bonds is 2. The van der Waals surface area contributed by atoms with E-state index in [1.165, 1.54) is 0 Å². The lowest BCUT2D eigenvalue weighted by atomic mass is 9.67. The molecule has 0 radical (unpaired) electrons. The number of ether oxygens (including phenoxy) is 1. The van der Waals surface area contributed by atoms with Crippen molar-refractivity contribution in [3.8, 4) is 0 Å². The average Bonchev–Trinajstić information content (AvgIpc) is 2.96. The lowest BCUT2D eigenvalue weighted by Gasteiger charge is -2.35. The van der Waals surface area contributed by atoms with Crippen LogP contribution < -0.4 is 5.32 Å². The second-order valence-electron chi connectivity index (χ2n) is 5.20. The Morgan fingerprint density at radius 3 is 3.26 bits per heavy atom. The summed E-state index contributed by atoms with van der Waals surface area (Å²) in [5.41, 5.74) is 0.513. The van der Waals surface area contributed by atoms with E-state index in [0.29, 0.717) is 13.0 Å². The maximum Gasteiger partial charge on any atom is 0.329 e. The summed E-state index contributed by atoms with van der Waals surface area (Å²) < 4.78 is 10.6. The van der Waals surface area contributed by atoms with E-state index >= 15 is 0 Å². The van der Waals surface area contributed by atoms with Gasteiger partial charge in [0.25, 0.3) is 0 Å². The van der Waals surface area contributed by atoms with Gasteiger partial charge in [-0.2, -0.15) is 0 Å². The lowest BCUT2D eigenvalue weighted by Crippen LogP contribution is -2.48. The molecule has 1 N–H and O–H groups in total. The minimum atomic E-state index is -0.586. The fourth-order valence-electron chi connectivity index (χ4n) is 3.41. The highest BCUT2D eigenvalue weighted by atomic mass is 16.5. The zero-order valence-corrected chi connectivity index (χ0v) is 10.9. The molecule has 19 heavy (non-hydrogen) atoms. The summed E-state index contributed by atoms with van der Waals surface area (Å²) in [7, 11) is 0. The maximum atomic E-state index is 12.1. The first kappa shape index (κ1) is 12.3. The van der Waals surface area contributed by atoms with Crippen molar-refractivity contribution in [1.29, 1.82) is 0 Å². The van der Waals surface area contributed by atoms with Crippen molar-refractivity contribution in [3.63, 3.8) is 0 Å². The van der Waals surface area contributed by atoms with Crippen molar-refractivity contribution < 1.29 is 18.7 Å². The third-order valence-corrected chi connectivity index (χ3v) is 4.16. The summed E-state index contributed by atoms with van der Waals surface area (Å²) in [4.78, 5) is 23.9. The van der Waals surface area contributed by atoms with E-state index in [9.17, 15) is 9.59 Å². The lowest BCUT2D eigenvalue weighted by molar-refractivity contribution is -0.147. The standard InChI is InChI=1S/C14H17NO4/c1-2-18-13(17)12-14(8-11(16)15-12)6-3-4-10-9(14)5-7-19-10/h5,7,12H,2-4,6,8H2,1H3,(H,15,16). The van der Waals surface area contributed by atoms with Crippen LogP contribution in [0.15, 0.2) is 16.7 Å². The van der Waals surface area contributed by atoms with Gasteiger partial charge in [0.2, 0.25) is 5.91 Å². The highest BCUT2D eigenvalue weighted by Crippen LogP contribution is 2.46. The molecule has 1 spiro atoms. The van der Waals surface area contributed by atoms with E-state index in [-0.39, 0.29) is 11.9 Å². The van der Waals surface area contributed by atoms with Crippen LogP contribution in [-0.4, -0.2) is 24.5 Å². The number of carbonyl (C=O) groups is 2. The largest absolute Gasteiger partial charge is 0.469 e. The molecule has 1 aromatic heterocycles. The number of fused-ring (bicyclic) bond motifs is 2. The Hall–Kier alpha value is -1.78. The highest BCUT2D eigenvalue weighted by molar-refractivity contribution is 5.92. The third kappa shape index (κ3) is 1.76. The molecular weight excluding hydrogens is 246 g/mol. The Kier molecular flexibility index (Phi) is 2.84. The van der Waals surface area contributed by atoms with Crippen LogP contribution in [0.25, 0.3) is 0 Å². The van der Waals surface area contributed by atoms with E-state index in [1.807, 2.05) is 6.07 Å². The van der Waals surface area contributed by atoms with Gasteiger partial charge in [0.05, 0.1) is 12.9 Å².